The first kappa shape index (κ1) is 26.3. The van der Waals surface area contributed by atoms with E-state index < -0.39 is 0 Å². The first-order valence-corrected chi connectivity index (χ1v) is 12.8. The van der Waals surface area contributed by atoms with Gasteiger partial charge in [-0.1, -0.05) is 57.0 Å². The molecule has 0 spiro atoms. The molecule has 1 aromatic heterocycles. The first-order chi connectivity index (χ1) is 17.0. The first-order valence-electron chi connectivity index (χ1n) is 12.8. The summed E-state index contributed by atoms with van der Waals surface area (Å²) in [5, 5.41) is 1.18. The number of fused-ring (bicyclic) bond motifs is 1. The fourth-order valence-electron chi connectivity index (χ4n) is 4.23. The number of nitrogens with one attached hydrogen (secondary N) is 1. The molecule has 35 heavy (non-hydrogen) atoms. The molecule has 0 atom stereocenters. The molecular weight excluding hydrogens is 438 g/mol. The third-order valence-electron chi connectivity index (χ3n) is 6.42. The molecule has 1 heterocycles. The molecule has 0 saturated carbocycles. The number of unbranched alkanes of at least 4 members (excludes halogenated alkanes) is 2. The van der Waals surface area contributed by atoms with Gasteiger partial charge in [0, 0.05) is 43.2 Å². The summed E-state index contributed by atoms with van der Waals surface area (Å²) in [5.74, 6) is 0.856. The molecule has 0 saturated heterocycles. The summed E-state index contributed by atoms with van der Waals surface area (Å²) < 4.78 is 5.28. The highest BCUT2D eigenvalue weighted by atomic mass is 16.5. The second-order valence-corrected chi connectivity index (χ2v) is 9.05. The molecule has 0 fully saturated rings. The van der Waals surface area contributed by atoms with Crippen molar-refractivity contribution in [1.29, 1.82) is 0 Å². The largest absolute Gasteiger partial charge is 0.497 e. The standard InChI is InChI=1S/C29H39N3O3/c1-4-6-12-28(33)31(18-7-5-2)22-29(34)32(21-23-13-15-25(35-3)16-14-23)19-17-24-20-30-27-11-9-8-10-26(24)27/h8-11,13-16,20,30H,4-7,12,17-19,21-22H2,1-3H3. The molecule has 0 aliphatic heterocycles. The van der Waals surface area contributed by atoms with Crippen LogP contribution in [0.25, 0.3) is 10.9 Å². The van der Waals surface area contributed by atoms with Crippen molar-refractivity contribution < 1.29 is 14.3 Å². The smallest absolute Gasteiger partial charge is 0.242 e. The zero-order chi connectivity index (χ0) is 25.0. The van der Waals surface area contributed by atoms with Gasteiger partial charge < -0.3 is 19.5 Å². The number of H-pyrrole nitrogens is 1. The number of hydrogen-bond acceptors (Lipinski definition) is 3. The number of hydrogen-bond donors (Lipinski definition) is 1. The Labute approximate surface area is 209 Å². The number of aromatic nitrogens is 1. The van der Waals surface area contributed by atoms with E-state index in [4.69, 9.17) is 4.74 Å². The number of nitrogens with zero attached hydrogens (tertiary/aromatic N) is 2. The maximum absolute atomic E-state index is 13.5. The van der Waals surface area contributed by atoms with E-state index in [1.54, 1.807) is 12.0 Å². The van der Waals surface area contributed by atoms with Crippen LogP contribution in [0, 0.1) is 0 Å². The molecule has 0 bridgehead atoms. The van der Waals surface area contributed by atoms with Crippen molar-refractivity contribution >= 4 is 22.7 Å². The van der Waals surface area contributed by atoms with Crippen LogP contribution in [0.15, 0.2) is 54.7 Å². The molecule has 0 aliphatic rings. The Bertz CT molecular complexity index is 1070. The monoisotopic (exact) mass is 477 g/mol. The van der Waals surface area contributed by atoms with E-state index in [1.807, 2.05) is 47.5 Å². The van der Waals surface area contributed by atoms with Gasteiger partial charge in [-0.2, -0.15) is 0 Å². The zero-order valence-electron chi connectivity index (χ0n) is 21.4. The highest BCUT2D eigenvalue weighted by Gasteiger charge is 2.21. The second kappa shape index (κ2) is 13.6. The lowest BCUT2D eigenvalue weighted by atomic mass is 10.1. The molecule has 2 amide bonds. The molecule has 1 N–H and O–H groups in total. The van der Waals surface area contributed by atoms with Gasteiger partial charge in [0.15, 0.2) is 0 Å². The van der Waals surface area contributed by atoms with Crippen LogP contribution >= 0.6 is 0 Å². The molecule has 3 rings (SSSR count). The topological polar surface area (TPSA) is 65.6 Å². The summed E-state index contributed by atoms with van der Waals surface area (Å²) in [7, 11) is 1.65. The van der Waals surface area contributed by atoms with Crippen molar-refractivity contribution in [3.8, 4) is 5.75 Å². The van der Waals surface area contributed by atoms with E-state index in [1.165, 1.54) is 10.9 Å². The number of carbonyl (C=O) groups is 2. The molecule has 188 valence electrons. The fraction of sp³-hybridized carbons (Fsp3) is 0.448. The number of aromatic amines is 1. The van der Waals surface area contributed by atoms with Crippen LogP contribution in [0.2, 0.25) is 0 Å². The van der Waals surface area contributed by atoms with Crippen LogP contribution in [0.3, 0.4) is 0 Å². The highest BCUT2D eigenvalue weighted by Crippen LogP contribution is 2.19. The predicted molar refractivity (Wildman–Crippen MR) is 141 cm³/mol. The van der Waals surface area contributed by atoms with Gasteiger partial charge in [0.05, 0.1) is 13.7 Å². The summed E-state index contributed by atoms with van der Waals surface area (Å²) in [6.07, 6.45) is 6.98. The summed E-state index contributed by atoms with van der Waals surface area (Å²) in [4.78, 5) is 33.3. The normalized spacial score (nSPS) is 10.9. The van der Waals surface area contributed by atoms with Gasteiger partial charge in [0.1, 0.15) is 5.75 Å². The summed E-state index contributed by atoms with van der Waals surface area (Å²) in [5.41, 5.74) is 3.33. The molecule has 2 aromatic carbocycles. The van der Waals surface area contributed by atoms with Crippen molar-refractivity contribution in [3.63, 3.8) is 0 Å². The van der Waals surface area contributed by atoms with Crippen LogP contribution in [-0.4, -0.2) is 53.3 Å². The molecule has 6 heteroatoms. The second-order valence-electron chi connectivity index (χ2n) is 9.05. The van der Waals surface area contributed by atoms with Gasteiger partial charge in [-0.05, 0) is 48.6 Å². The van der Waals surface area contributed by atoms with E-state index >= 15 is 0 Å². The number of methoxy groups -OCH3 is 1. The van der Waals surface area contributed by atoms with Gasteiger partial charge in [0.2, 0.25) is 11.8 Å². The molecule has 0 unspecified atom stereocenters. The highest BCUT2D eigenvalue weighted by molar-refractivity contribution is 5.85. The third kappa shape index (κ3) is 7.61. The van der Waals surface area contributed by atoms with Crippen LogP contribution in [0.1, 0.15) is 57.1 Å². The van der Waals surface area contributed by atoms with E-state index in [0.29, 0.717) is 26.1 Å². The quantitative estimate of drug-likeness (QED) is 0.330. The average molecular weight is 478 g/mol. The van der Waals surface area contributed by atoms with Gasteiger partial charge in [-0.15, -0.1) is 0 Å². The van der Waals surface area contributed by atoms with Crippen molar-refractivity contribution in [1.82, 2.24) is 14.8 Å². The molecular formula is C29H39N3O3. The van der Waals surface area contributed by atoms with Crippen molar-refractivity contribution in [3.05, 3.63) is 65.9 Å². The Kier molecular flexibility index (Phi) is 10.2. The average Bonchev–Trinajstić information content (AvgIpc) is 3.30. The van der Waals surface area contributed by atoms with E-state index in [0.717, 1.165) is 48.9 Å². The SMILES string of the molecule is CCCCC(=O)N(CCCC)CC(=O)N(CCc1c[nH]c2ccccc12)Cc1ccc(OC)cc1. The Morgan fingerprint density at radius 2 is 1.63 bits per heavy atom. The molecule has 3 aromatic rings. The maximum Gasteiger partial charge on any atom is 0.242 e. The van der Waals surface area contributed by atoms with Gasteiger partial charge >= 0.3 is 0 Å². The van der Waals surface area contributed by atoms with Crippen LogP contribution in [0.5, 0.6) is 5.75 Å². The Morgan fingerprint density at radius 1 is 0.886 bits per heavy atom. The lowest BCUT2D eigenvalue weighted by Crippen LogP contribution is -2.43. The molecule has 0 radical (unpaired) electrons. The Hall–Kier alpha value is -3.28. The lowest BCUT2D eigenvalue weighted by Gasteiger charge is -2.28. The number of carbonyl (C=O) groups excluding carboxylic acids is 2. The van der Waals surface area contributed by atoms with E-state index in [-0.39, 0.29) is 18.4 Å². The molecule has 0 aliphatic carbocycles. The molecule has 6 nitrogen and oxygen atoms in total. The summed E-state index contributed by atoms with van der Waals surface area (Å²) in [6, 6.07) is 16.0. The summed E-state index contributed by atoms with van der Waals surface area (Å²) in [6.45, 7) is 6.02. The van der Waals surface area contributed by atoms with Gasteiger partial charge in [-0.25, -0.2) is 0 Å². The fourth-order valence-corrected chi connectivity index (χ4v) is 4.23. The van der Waals surface area contributed by atoms with Crippen molar-refractivity contribution in [2.24, 2.45) is 0 Å². The third-order valence-corrected chi connectivity index (χ3v) is 6.42. The predicted octanol–water partition coefficient (Wildman–Crippen LogP) is 5.57. The Balaban J connectivity index is 1.76. The number of rotatable bonds is 14. The van der Waals surface area contributed by atoms with Crippen LogP contribution in [-0.2, 0) is 22.6 Å². The minimum absolute atomic E-state index is 0.0124. The van der Waals surface area contributed by atoms with Crippen LogP contribution in [0.4, 0.5) is 0 Å². The number of amides is 2. The Morgan fingerprint density at radius 3 is 2.34 bits per heavy atom. The number of ether oxygens (including phenoxy) is 1. The van der Waals surface area contributed by atoms with Gasteiger partial charge in [-0.3, -0.25) is 9.59 Å². The van der Waals surface area contributed by atoms with E-state index in [9.17, 15) is 9.59 Å². The minimum atomic E-state index is -0.0124. The van der Waals surface area contributed by atoms with Crippen LogP contribution < -0.4 is 4.74 Å². The maximum atomic E-state index is 13.5. The lowest BCUT2D eigenvalue weighted by molar-refractivity contribution is -0.141. The minimum Gasteiger partial charge on any atom is -0.497 e. The number of benzene rings is 2. The van der Waals surface area contributed by atoms with Crippen molar-refractivity contribution in [2.45, 2.75) is 58.9 Å². The number of para-hydroxylation sites is 1. The van der Waals surface area contributed by atoms with E-state index in [2.05, 4.69) is 31.0 Å². The zero-order valence-corrected chi connectivity index (χ0v) is 21.4. The van der Waals surface area contributed by atoms with Gasteiger partial charge in [0.25, 0.3) is 0 Å². The van der Waals surface area contributed by atoms with Crippen molar-refractivity contribution in [2.75, 3.05) is 26.7 Å². The summed E-state index contributed by atoms with van der Waals surface area (Å²) >= 11 is 0.